The van der Waals surface area contributed by atoms with Gasteiger partial charge in [-0.15, -0.1) is 12.4 Å². The summed E-state index contributed by atoms with van der Waals surface area (Å²) in [6, 6.07) is 7.99. The molecule has 0 N–H and O–H groups in total. The van der Waals surface area contributed by atoms with Gasteiger partial charge in [0.25, 0.3) is 11.6 Å². The fourth-order valence-corrected chi connectivity index (χ4v) is 4.84. The quantitative estimate of drug-likeness (QED) is 0.347. The highest BCUT2D eigenvalue weighted by Gasteiger charge is 2.26. The average molecular weight is 511 g/mol. The number of aryl methyl sites for hydroxylation is 2. The Balaban J connectivity index is 0.00000306. The predicted molar refractivity (Wildman–Crippen MR) is 133 cm³/mol. The van der Waals surface area contributed by atoms with Gasteiger partial charge in [-0.1, -0.05) is 22.9 Å². The molecule has 2 aromatic carbocycles. The van der Waals surface area contributed by atoms with E-state index in [-0.39, 0.29) is 28.7 Å². The van der Waals surface area contributed by atoms with E-state index < -0.39 is 10.8 Å². The number of hydrogen-bond acceptors (Lipinski definition) is 7. The van der Waals surface area contributed by atoms with Crippen molar-refractivity contribution >= 4 is 62.3 Å². The van der Waals surface area contributed by atoms with Crippen molar-refractivity contribution in [1.29, 1.82) is 0 Å². The summed E-state index contributed by atoms with van der Waals surface area (Å²) in [5.41, 5.74) is 3.01. The minimum atomic E-state index is -0.533. The number of amides is 1. The number of non-ortho nitro benzene ring substituents is 1. The molecule has 0 unspecified atom stereocenters. The maximum absolute atomic E-state index is 13.6. The topological polar surface area (TPSA) is 88.8 Å². The zero-order valence-corrected chi connectivity index (χ0v) is 20.6. The van der Waals surface area contributed by atoms with E-state index in [1.807, 2.05) is 19.9 Å². The highest BCUT2D eigenvalue weighted by atomic mass is 35.5. The second-order valence-corrected chi connectivity index (χ2v) is 9.15. The number of nitrogens with zero attached hydrogens (tertiary/aromatic N) is 4. The van der Waals surface area contributed by atoms with Gasteiger partial charge in [0.15, 0.2) is 5.13 Å². The maximum Gasteiger partial charge on any atom is 0.270 e. The third kappa shape index (κ3) is 5.62. The Morgan fingerprint density at radius 2 is 1.94 bits per heavy atom. The molecule has 1 amide bonds. The number of fused-ring (bicyclic) bond motifs is 1. The molecule has 1 fully saturated rings. The highest BCUT2D eigenvalue weighted by Crippen LogP contribution is 2.33. The summed E-state index contributed by atoms with van der Waals surface area (Å²) in [6.07, 6.45) is 0. The van der Waals surface area contributed by atoms with Crippen molar-refractivity contribution < 1.29 is 14.5 Å². The number of morpholine rings is 1. The number of halogens is 2. The predicted octanol–water partition coefficient (Wildman–Crippen LogP) is 4.88. The van der Waals surface area contributed by atoms with Crippen LogP contribution < -0.4 is 4.90 Å². The smallest absolute Gasteiger partial charge is 0.270 e. The molecule has 176 valence electrons. The number of nitro groups is 1. The zero-order valence-electron chi connectivity index (χ0n) is 18.2. The minimum absolute atomic E-state index is 0. The monoisotopic (exact) mass is 510 g/mol. The molecule has 3 aromatic rings. The molecule has 0 saturated carbocycles. The molecule has 0 bridgehead atoms. The lowest BCUT2D eigenvalue weighted by Gasteiger charge is -2.29. The number of ether oxygens (including phenoxy) is 1. The van der Waals surface area contributed by atoms with E-state index in [0.717, 1.165) is 34.4 Å². The van der Waals surface area contributed by atoms with Crippen molar-refractivity contribution in [2.75, 3.05) is 44.3 Å². The number of aromatic nitrogens is 1. The fourth-order valence-electron chi connectivity index (χ4n) is 3.57. The SMILES string of the molecule is Cc1cc2nc(N(CCN3CCOCC3)C(=O)c3cc([N+](=O)[O-])ccc3Cl)sc2cc1C.Cl. The fraction of sp³-hybridized carbons (Fsp3) is 0.364. The molecule has 1 aliphatic rings. The van der Waals surface area contributed by atoms with E-state index in [1.165, 1.54) is 29.5 Å². The molecule has 0 aliphatic carbocycles. The van der Waals surface area contributed by atoms with Gasteiger partial charge in [-0.2, -0.15) is 0 Å². The summed E-state index contributed by atoms with van der Waals surface area (Å²) >= 11 is 7.71. The summed E-state index contributed by atoms with van der Waals surface area (Å²) < 4.78 is 6.39. The second-order valence-electron chi connectivity index (χ2n) is 7.73. The number of thiazole rings is 1. The van der Waals surface area contributed by atoms with Gasteiger partial charge in [-0.05, 0) is 43.2 Å². The van der Waals surface area contributed by atoms with Crippen molar-refractivity contribution in [3.05, 3.63) is 62.2 Å². The number of rotatable bonds is 6. The van der Waals surface area contributed by atoms with Crippen molar-refractivity contribution in [3.8, 4) is 0 Å². The standard InChI is InChI=1S/C22H23ClN4O4S.ClH/c1-14-11-19-20(12-15(14)2)32-22(24-19)26(6-5-25-7-9-31-10-8-25)21(28)17-13-16(27(29)30)3-4-18(17)23;/h3-4,11-13H,5-10H2,1-2H3;1H. The molecule has 1 saturated heterocycles. The van der Waals surface area contributed by atoms with Crippen LogP contribution in [0.25, 0.3) is 10.2 Å². The number of carbonyl (C=O) groups is 1. The second kappa shape index (κ2) is 10.8. The van der Waals surface area contributed by atoms with E-state index in [2.05, 4.69) is 11.0 Å². The Hall–Kier alpha value is -2.30. The van der Waals surface area contributed by atoms with Gasteiger partial charge in [0.2, 0.25) is 0 Å². The van der Waals surface area contributed by atoms with Crippen LogP contribution in [0.5, 0.6) is 0 Å². The Kier molecular flexibility index (Phi) is 8.25. The molecule has 0 atom stereocenters. The Morgan fingerprint density at radius 1 is 1.24 bits per heavy atom. The van der Waals surface area contributed by atoms with Gasteiger partial charge in [-0.3, -0.25) is 24.7 Å². The highest BCUT2D eigenvalue weighted by molar-refractivity contribution is 7.22. The first-order chi connectivity index (χ1) is 15.3. The molecule has 1 aliphatic heterocycles. The first kappa shape index (κ1) is 25.3. The number of benzene rings is 2. The summed E-state index contributed by atoms with van der Waals surface area (Å²) in [6.45, 7) is 7.98. The summed E-state index contributed by atoms with van der Waals surface area (Å²) in [4.78, 5) is 32.8. The van der Waals surface area contributed by atoms with E-state index in [1.54, 1.807) is 4.90 Å². The van der Waals surface area contributed by atoms with Crippen LogP contribution in [0, 0.1) is 24.0 Å². The van der Waals surface area contributed by atoms with Crippen molar-refractivity contribution in [3.63, 3.8) is 0 Å². The molecule has 4 rings (SSSR count). The first-order valence-electron chi connectivity index (χ1n) is 10.3. The molecule has 2 heterocycles. The Morgan fingerprint density at radius 3 is 2.64 bits per heavy atom. The van der Waals surface area contributed by atoms with E-state index in [9.17, 15) is 14.9 Å². The van der Waals surface area contributed by atoms with Crippen LogP contribution >= 0.6 is 35.3 Å². The van der Waals surface area contributed by atoms with Crippen molar-refractivity contribution in [2.45, 2.75) is 13.8 Å². The number of hydrogen-bond donors (Lipinski definition) is 0. The average Bonchev–Trinajstić information content (AvgIpc) is 3.17. The van der Waals surface area contributed by atoms with Crippen LogP contribution in [0.3, 0.4) is 0 Å². The molecule has 1 aromatic heterocycles. The lowest BCUT2D eigenvalue weighted by atomic mass is 10.1. The van der Waals surface area contributed by atoms with Crippen LogP contribution in [0.2, 0.25) is 5.02 Å². The van der Waals surface area contributed by atoms with Crippen molar-refractivity contribution in [2.24, 2.45) is 0 Å². The Labute approximate surface area is 206 Å². The van der Waals surface area contributed by atoms with Crippen LogP contribution in [-0.2, 0) is 4.74 Å². The molecule has 8 nitrogen and oxygen atoms in total. The lowest BCUT2D eigenvalue weighted by Crippen LogP contribution is -2.43. The third-order valence-electron chi connectivity index (χ3n) is 5.60. The molecule has 11 heteroatoms. The third-order valence-corrected chi connectivity index (χ3v) is 6.97. The van der Waals surface area contributed by atoms with Gasteiger partial charge < -0.3 is 4.74 Å². The van der Waals surface area contributed by atoms with Gasteiger partial charge in [0.05, 0.1) is 38.9 Å². The van der Waals surface area contributed by atoms with E-state index in [4.69, 9.17) is 21.3 Å². The summed E-state index contributed by atoms with van der Waals surface area (Å²) in [5.74, 6) is -0.403. The summed E-state index contributed by atoms with van der Waals surface area (Å²) in [7, 11) is 0. The molecular weight excluding hydrogens is 487 g/mol. The number of nitro benzene ring substituents is 1. The van der Waals surface area contributed by atoms with Gasteiger partial charge in [-0.25, -0.2) is 4.98 Å². The molecule has 0 spiro atoms. The van der Waals surface area contributed by atoms with Crippen LogP contribution in [0.1, 0.15) is 21.5 Å². The molecule has 33 heavy (non-hydrogen) atoms. The minimum Gasteiger partial charge on any atom is -0.379 e. The zero-order chi connectivity index (χ0) is 22.8. The lowest BCUT2D eigenvalue weighted by molar-refractivity contribution is -0.384. The van der Waals surface area contributed by atoms with E-state index in [0.29, 0.717) is 31.4 Å². The molecule has 0 radical (unpaired) electrons. The Bertz CT molecular complexity index is 1140. The van der Waals surface area contributed by atoms with Crippen molar-refractivity contribution in [1.82, 2.24) is 9.88 Å². The van der Waals surface area contributed by atoms with Gasteiger partial charge in [0, 0.05) is 38.3 Å². The van der Waals surface area contributed by atoms with Gasteiger partial charge in [0.1, 0.15) is 0 Å². The normalized spacial score (nSPS) is 14.2. The number of anilines is 1. The van der Waals surface area contributed by atoms with Gasteiger partial charge >= 0.3 is 0 Å². The number of carbonyl (C=O) groups excluding carboxylic acids is 1. The first-order valence-corrected chi connectivity index (χ1v) is 11.5. The largest absolute Gasteiger partial charge is 0.379 e. The summed E-state index contributed by atoms with van der Waals surface area (Å²) in [5, 5.41) is 12.0. The van der Waals surface area contributed by atoms with Crippen LogP contribution in [-0.4, -0.2) is 60.1 Å². The maximum atomic E-state index is 13.6. The van der Waals surface area contributed by atoms with Crippen LogP contribution in [0.15, 0.2) is 30.3 Å². The van der Waals surface area contributed by atoms with Crippen LogP contribution in [0.4, 0.5) is 10.8 Å². The van der Waals surface area contributed by atoms with E-state index >= 15 is 0 Å². The molecular formula is C22H24Cl2N4O4S.